The number of ether oxygens (including phenoxy) is 1. The van der Waals surface area contributed by atoms with Gasteiger partial charge in [-0.25, -0.2) is 0 Å². The van der Waals surface area contributed by atoms with Gasteiger partial charge < -0.3 is 4.74 Å². The van der Waals surface area contributed by atoms with Gasteiger partial charge in [-0.15, -0.1) is 0 Å². The fourth-order valence-corrected chi connectivity index (χ4v) is 2.33. The predicted molar refractivity (Wildman–Crippen MR) is 66.9 cm³/mol. The van der Waals surface area contributed by atoms with Gasteiger partial charge in [-0.3, -0.25) is 14.4 Å². The number of hydrogen-bond acceptors (Lipinski definition) is 4. The number of carbonyl (C=O) groups excluding carboxylic acids is 3. The smallest absolute Gasteiger partial charge is 0.306 e. The first-order valence-electron chi connectivity index (χ1n) is 6.67. The lowest BCUT2D eigenvalue weighted by molar-refractivity contribution is -0.146. The fourth-order valence-electron chi connectivity index (χ4n) is 2.33. The summed E-state index contributed by atoms with van der Waals surface area (Å²) in [6, 6.07) is 0. The summed E-state index contributed by atoms with van der Waals surface area (Å²) in [6.07, 6.45) is 1.92. The molecule has 0 amide bonds. The van der Waals surface area contributed by atoms with Crippen molar-refractivity contribution in [3.63, 3.8) is 0 Å². The maximum atomic E-state index is 12.0. The second-order valence-electron chi connectivity index (χ2n) is 5.21. The van der Waals surface area contributed by atoms with Crippen LogP contribution in [0.25, 0.3) is 0 Å². The SMILES string of the molecule is CCOC(=O)CC1CCC(CC(=O)C(C)C)C1=O. The van der Waals surface area contributed by atoms with Crippen molar-refractivity contribution >= 4 is 17.5 Å². The molecule has 4 heteroatoms. The van der Waals surface area contributed by atoms with Crippen LogP contribution in [0.4, 0.5) is 0 Å². The Morgan fingerprint density at radius 2 is 1.78 bits per heavy atom. The first-order chi connectivity index (χ1) is 8.45. The number of Topliss-reactive ketones (excluding diaryl/α,β-unsaturated/α-hetero) is 2. The second-order valence-corrected chi connectivity index (χ2v) is 5.21. The fraction of sp³-hybridized carbons (Fsp3) is 0.786. The summed E-state index contributed by atoms with van der Waals surface area (Å²) in [4.78, 5) is 35.0. The standard InChI is InChI=1S/C14H22O4/c1-4-18-13(16)8-11-6-5-10(14(11)17)7-12(15)9(2)3/h9-11H,4-8H2,1-3H3. The zero-order valence-electron chi connectivity index (χ0n) is 11.4. The van der Waals surface area contributed by atoms with E-state index in [1.54, 1.807) is 6.92 Å². The summed E-state index contributed by atoms with van der Waals surface area (Å²) in [7, 11) is 0. The Hall–Kier alpha value is -1.19. The van der Waals surface area contributed by atoms with Crippen LogP contribution in [0.2, 0.25) is 0 Å². The zero-order chi connectivity index (χ0) is 13.7. The molecule has 2 unspecified atom stereocenters. The third-order valence-electron chi connectivity index (χ3n) is 3.48. The van der Waals surface area contributed by atoms with E-state index in [1.807, 2.05) is 13.8 Å². The highest BCUT2D eigenvalue weighted by Crippen LogP contribution is 2.32. The molecule has 0 aromatic rings. The molecular weight excluding hydrogens is 232 g/mol. The number of rotatable bonds is 6. The highest BCUT2D eigenvalue weighted by molar-refractivity contribution is 5.93. The minimum absolute atomic E-state index is 0.0260. The first-order valence-corrected chi connectivity index (χ1v) is 6.67. The third-order valence-corrected chi connectivity index (χ3v) is 3.48. The summed E-state index contributed by atoms with van der Waals surface area (Å²) < 4.78 is 4.85. The van der Waals surface area contributed by atoms with Crippen LogP contribution in [0, 0.1) is 17.8 Å². The van der Waals surface area contributed by atoms with Crippen molar-refractivity contribution in [2.24, 2.45) is 17.8 Å². The molecule has 102 valence electrons. The Labute approximate surface area is 108 Å². The van der Waals surface area contributed by atoms with Crippen LogP contribution >= 0.6 is 0 Å². The largest absolute Gasteiger partial charge is 0.466 e. The molecule has 1 aliphatic carbocycles. The van der Waals surface area contributed by atoms with Crippen molar-refractivity contribution in [1.82, 2.24) is 0 Å². The van der Waals surface area contributed by atoms with Gasteiger partial charge in [0.2, 0.25) is 0 Å². The molecule has 0 bridgehead atoms. The number of ketones is 2. The molecule has 0 aromatic heterocycles. The minimum atomic E-state index is -0.313. The van der Waals surface area contributed by atoms with Crippen LogP contribution in [0.15, 0.2) is 0 Å². The molecule has 1 fully saturated rings. The molecule has 0 heterocycles. The molecule has 2 atom stereocenters. The predicted octanol–water partition coefficient (Wildman–Crippen LogP) is 2.15. The van der Waals surface area contributed by atoms with E-state index in [9.17, 15) is 14.4 Å². The highest BCUT2D eigenvalue weighted by Gasteiger charge is 2.36. The summed E-state index contributed by atoms with van der Waals surface area (Å²) >= 11 is 0. The van der Waals surface area contributed by atoms with Crippen molar-refractivity contribution in [1.29, 1.82) is 0 Å². The monoisotopic (exact) mass is 254 g/mol. The first kappa shape index (κ1) is 14.9. The van der Waals surface area contributed by atoms with E-state index >= 15 is 0 Å². The average Bonchev–Trinajstić information content (AvgIpc) is 2.61. The van der Waals surface area contributed by atoms with E-state index in [1.165, 1.54) is 0 Å². The van der Waals surface area contributed by atoms with Gasteiger partial charge in [-0.2, -0.15) is 0 Å². The molecule has 18 heavy (non-hydrogen) atoms. The molecule has 1 saturated carbocycles. The van der Waals surface area contributed by atoms with Crippen LogP contribution in [0.5, 0.6) is 0 Å². The van der Waals surface area contributed by atoms with Gasteiger partial charge in [0.25, 0.3) is 0 Å². The Kier molecular flexibility index (Phi) is 5.51. The molecule has 0 saturated heterocycles. The van der Waals surface area contributed by atoms with Gasteiger partial charge in [-0.1, -0.05) is 13.8 Å². The molecule has 0 aromatic carbocycles. The Morgan fingerprint density at radius 3 is 2.28 bits per heavy atom. The van der Waals surface area contributed by atoms with Gasteiger partial charge in [0.15, 0.2) is 0 Å². The number of esters is 1. The Bertz CT molecular complexity index is 333. The highest BCUT2D eigenvalue weighted by atomic mass is 16.5. The topological polar surface area (TPSA) is 60.4 Å². The van der Waals surface area contributed by atoms with Crippen LogP contribution in [0.1, 0.15) is 46.5 Å². The lowest BCUT2D eigenvalue weighted by atomic mass is 9.93. The molecule has 0 spiro atoms. The van der Waals surface area contributed by atoms with Crippen molar-refractivity contribution < 1.29 is 19.1 Å². The summed E-state index contributed by atoms with van der Waals surface area (Å²) in [5, 5.41) is 0. The molecule has 0 N–H and O–H groups in total. The lowest BCUT2D eigenvalue weighted by Crippen LogP contribution is -2.21. The lowest BCUT2D eigenvalue weighted by Gasteiger charge is -2.11. The Balaban J connectivity index is 2.47. The van der Waals surface area contributed by atoms with Gasteiger partial charge in [0.1, 0.15) is 11.6 Å². The number of hydrogen-bond donors (Lipinski definition) is 0. The summed E-state index contributed by atoms with van der Waals surface area (Å²) in [5.74, 6) is -0.566. The third kappa shape index (κ3) is 3.93. The molecule has 4 nitrogen and oxygen atoms in total. The summed E-state index contributed by atoms with van der Waals surface area (Å²) in [5.41, 5.74) is 0. The molecular formula is C14H22O4. The van der Waals surface area contributed by atoms with E-state index in [4.69, 9.17) is 4.74 Å². The molecule has 1 aliphatic rings. The second kappa shape index (κ2) is 6.66. The Morgan fingerprint density at radius 1 is 1.22 bits per heavy atom. The van der Waals surface area contributed by atoms with Crippen LogP contribution in [0.3, 0.4) is 0 Å². The van der Waals surface area contributed by atoms with Crippen molar-refractivity contribution in [3.05, 3.63) is 0 Å². The van der Waals surface area contributed by atoms with Crippen molar-refractivity contribution in [2.45, 2.75) is 46.5 Å². The van der Waals surface area contributed by atoms with Crippen LogP contribution in [-0.2, 0) is 19.1 Å². The van der Waals surface area contributed by atoms with Gasteiger partial charge in [-0.05, 0) is 19.8 Å². The van der Waals surface area contributed by atoms with Crippen LogP contribution in [-0.4, -0.2) is 24.1 Å². The van der Waals surface area contributed by atoms with Gasteiger partial charge in [0.05, 0.1) is 13.0 Å². The number of carbonyl (C=O) groups is 3. The molecule has 1 rings (SSSR count). The van der Waals surface area contributed by atoms with E-state index in [-0.39, 0.29) is 41.7 Å². The summed E-state index contributed by atoms with van der Waals surface area (Å²) in [6.45, 7) is 5.78. The van der Waals surface area contributed by atoms with Gasteiger partial charge in [0, 0.05) is 24.2 Å². The minimum Gasteiger partial charge on any atom is -0.466 e. The van der Waals surface area contributed by atoms with Crippen molar-refractivity contribution in [2.75, 3.05) is 6.61 Å². The normalized spacial score (nSPS) is 23.4. The molecule has 0 radical (unpaired) electrons. The zero-order valence-corrected chi connectivity index (χ0v) is 11.4. The van der Waals surface area contributed by atoms with Crippen molar-refractivity contribution in [3.8, 4) is 0 Å². The van der Waals surface area contributed by atoms with Gasteiger partial charge >= 0.3 is 5.97 Å². The van der Waals surface area contributed by atoms with Crippen LogP contribution < -0.4 is 0 Å². The van der Waals surface area contributed by atoms with E-state index < -0.39 is 0 Å². The maximum Gasteiger partial charge on any atom is 0.306 e. The molecule has 0 aliphatic heterocycles. The quantitative estimate of drug-likeness (QED) is 0.681. The van der Waals surface area contributed by atoms with E-state index in [0.29, 0.717) is 19.4 Å². The van der Waals surface area contributed by atoms with E-state index in [0.717, 1.165) is 6.42 Å². The van der Waals surface area contributed by atoms with E-state index in [2.05, 4.69) is 0 Å². The maximum absolute atomic E-state index is 12.0. The average molecular weight is 254 g/mol.